The van der Waals surface area contributed by atoms with E-state index in [9.17, 15) is 19.2 Å². The quantitative estimate of drug-likeness (QED) is 0.612. The first-order valence-corrected chi connectivity index (χ1v) is 9.78. The molecule has 3 atom stereocenters. The number of rotatable bonds is 5. The Morgan fingerprint density at radius 3 is 2.81 bits per heavy atom. The van der Waals surface area contributed by atoms with Crippen molar-refractivity contribution in [3.63, 3.8) is 0 Å². The Morgan fingerprint density at radius 1 is 1.37 bits per heavy atom. The van der Waals surface area contributed by atoms with Crippen molar-refractivity contribution < 1.29 is 23.9 Å². The minimum atomic E-state index is -1.02. The van der Waals surface area contributed by atoms with Gasteiger partial charge in [-0.2, -0.15) is 0 Å². The van der Waals surface area contributed by atoms with Crippen LogP contribution in [0.15, 0.2) is 24.3 Å². The van der Waals surface area contributed by atoms with Crippen molar-refractivity contribution in [2.75, 3.05) is 11.1 Å². The number of thioether (sulfide) groups is 1. The Kier molecular flexibility index (Phi) is 5.28. The predicted molar refractivity (Wildman–Crippen MR) is 101 cm³/mol. The average molecular weight is 390 g/mol. The van der Waals surface area contributed by atoms with Gasteiger partial charge in [-0.25, -0.2) is 4.79 Å². The summed E-state index contributed by atoms with van der Waals surface area (Å²) in [6.07, 6.45) is 0.117. The zero-order valence-corrected chi connectivity index (χ0v) is 16.3. The molecule has 7 nitrogen and oxygen atoms in total. The molecule has 2 heterocycles. The lowest BCUT2D eigenvalue weighted by Crippen LogP contribution is -2.48. The van der Waals surface area contributed by atoms with E-state index in [2.05, 4.69) is 5.32 Å². The number of anilines is 1. The molecule has 2 aliphatic heterocycles. The number of carbonyl (C=O) groups is 4. The fourth-order valence-corrected chi connectivity index (χ4v) is 4.78. The molecule has 1 N–H and O–H groups in total. The highest BCUT2D eigenvalue weighted by atomic mass is 32.2. The molecule has 3 rings (SSSR count). The lowest BCUT2D eigenvalue weighted by atomic mass is 10.1. The Morgan fingerprint density at radius 2 is 2.11 bits per heavy atom. The largest absolute Gasteiger partial charge is 0.451 e. The molecule has 0 radical (unpaired) electrons. The smallest absolute Gasteiger partial charge is 0.330 e. The molecule has 2 fully saturated rings. The molecule has 0 aromatic heterocycles. The van der Waals surface area contributed by atoms with Crippen LogP contribution in [0.3, 0.4) is 0 Å². The first-order valence-electron chi connectivity index (χ1n) is 8.80. The summed E-state index contributed by atoms with van der Waals surface area (Å²) in [6.45, 7) is 4.88. The number of fused-ring (bicyclic) bond motifs is 1. The van der Waals surface area contributed by atoms with Crippen LogP contribution in [0.2, 0.25) is 0 Å². The van der Waals surface area contributed by atoms with Crippen molar-refractivity contribution in [3.05, 3.63) is 29.8 Å². The monoisotopic (exact) mass is 390 g/mol. The van der Waals surface area contributed by atoms with Gasteiger partial charge in [0.15, 0.2) is 11.9 Å². The Bertz CT molecular complexity index is 811. The second-order valence-electron chi connectivity index (χ2n) is 6.97. The van der Waals surface area contributed by atoms with Crippen LogP contribution in [0.4, 0.5) is 5.69 Å². The van der Waals surface area contributed by atoms with E-state index in [4.69, 9.17) is 4.74 Å². The lowest BCUT2D eigenvalue weighted by Gasteiger charge is -2.29. The number of ketones is 1. The number of ether oxygens (including phenoxy) is 1. The third kappa shape index (κ3) is 3.85. The van der Waals surface area contributed by atoms with Crippen LogP contribution < -0.4 is 5.32 Å². The molecule has 144 valence electrons. The van der Waals surface area contributed by atoms with E-state index in [0.717, 1.165) is 0 Å². The van der Waals surface area contributed by atoms with Crippen molar-refractivity contribution in [2.24, 2.45) is 0 Å². The summed E-state index contributed by atoms with van der Waals surface area (Å²) in [5.74, 6) is -0.757. The van der Waals surface area contributed by atoms with Gasteiger partial charge >= 0.3 is 5.97 Å². The number of nitrogens with zero attached hydrogens (tertiary/aromatic N) is 1. The van der Waals surface area contributed by atoms with E-state index in [-0.39, 0.29) is 16.6 Å². The van der Waals surface area contributed by atoms with E-state index in [1.807, 2.05) is 6.92 Å². The van der Waals surface area contributed by atoms with Crippen LogP contribution in [0.5, 0.6) is 0 Å². The molecular weight excluding hydrogens is 368 g/mol. The maximum Gasteiger partial charge on any atom is 0.330 e. The summed E-state index contributed by atoms with van der Waals surface area (Å²) in [6, 6.07) is 5.88. The highest BCUT2D eigenvalue weighted by Gasteiger charge is 2.53. The van der Waals surface area contributed by atoms with Gasteiger partial charge in [0.1, 0.15) is 6.04 Å². The summed E-state index contributed by atoms with van der Waals surface area (Å²) < 4.78 is 5.32. The van der Waals surface area contributed by atoms with Gasteiger partial charge in [0.25, 0.3) is 5.91 Å². The first kappa shape index (κ1) is 19.4. The molecular formula is C19H22N2O5S. The number of hydrogen-bond donors (Lipinski definition) is 1. The number of hydrogen-bond acceptors (Lipinski definition) is 6. The molecule has 2 aliphatic rings. The van der Waals surface area contributed by atoms with Crippen molar-refractivity contribution >= 4 is 41.0 Å². The van der Waals surface area contributed by atoms with E-state index in [0.29, 0.717) is 29.8 Å². The second kappa shape index (κ2) is 7.34. The molecule has 27 heavy (non-hydrogen) atoms. The number of amides is 2. The zero-order chi connectivity index (χ0) is 19.8. The fourth-order valence-electron chi connectivity index (χ4n) is 3.36. The molecule has 1 aromatic carbocycles. The van der Waals surface area contributed by atoms with Crippen molar-refractivity contribution in [2.45, 2.75) is 50.6 Å². The van der Waals surface area contributed by atoms with Crippen molar-refractivity contribution in [1.29, 1.82) is 0 Å². The second-order valence-corrected chi connectivity index (χ2v) is 8.47. The maximum absolute atomic E-state index is 12.5. The van der Waals surface area contributed by atoms with Crippen LogP contribution >= 0.6 is 11.8 Å². The van der Waals surface area contributed by atoms with Gasteiger partial charge in [-0.1, -0.05) is 12.1 Å². The minimum absolute atomic E-state index is 0.0531. The highest BCUT2D eigenvalue weighted by Crippen LogP contribution is 2.47. The van der Waals surface area contributed by atoms with E-state index < -0.39 is 24.0 Å². The van der Waals surface area contributed by atoms with Crippen molar-refractivity contribution in [1.82, 2.24) is 4.90 Å². The summed E-state index contributed by atoms with van der Waals surface area (Å²) in [5.41, 5.74) is 0.932. The van der Waals surface area contributed by atoms with Gasteiger partial charge in [-0.15, -0.1) is 11.8 Å². The van der Waals surface area contributed by atoms with Gasteiger partial charge < -0.3 is 15.0 Å². The Hall–Kier alpha value is -2.35. The summed E-state index contributed by atoms with van der Waals surface area (Å²) in [7, 11) is 0. The van der Waals surface area contributed by atoms with Gasteiger partial charge in [-0.3, -0.25) is 14.4 Å². The van der Waals surface area contributed by atoms with Crippen LogP contribution in [0, 0.1) is 0 Å². The number of Topliss-reactive ketones (excluding diaryl/α,β-unsaturated/α-hetero) is 1. The first-order chi connectivity index (χ1) is 12.7. The lowest BCUT2D eigenvalue weighted by molar-refractivity contribution is -0.160. The molecule has 0 spiro atoms. The molecule has 0 saturated carbocycles. The number of carbonyl (C=O) groups excluding carboxylic acids is 4. The normalized spacial score (nSPS) is 25.1. The molecule has 2 saturated heterocycles. The van der Waals surface area contributed by atoms with Crippen molar-refractivity contribution in [3.8, 4) is 0 Å². The van der Waals surface area contributed by atoms with Gasteiger partial charge in [0.05, 0.1) is 4.87 Å². The standard InChI is InChI=1S/C19H22N2O5S/c1-11(22)13-5-4-6-14(9-13)20-17(24)12(2)26-18(25)15-10-27-19(3)8-7-16(23)21(15)19/h4-6,9,12,15H,7-8,10H2,1-3H3,(H,20,24). The van der Waals surface area contributed by atoms with E-state index >= 15 is 0 Å². The predicted octanol–water partition coefficient (Wildman–Crippen LogP) is 2.21. The Labute approximate surface area is 161 Å². The molecule has 1 aromatic rings. The van der Waals surface area contributed by atoms with Crippen LogP contribution in [-0.2, 0) is 19.1 Å². The maximum atomic E-state index is 12.5. The van der Waals surface area contributed by atoms with Crippen LogP contribution in [0.1, 0.15) is 44.0 Å². The summed E-state index contributed by atoms with van der Waals surface area (Å²) in [4.78, 5) is 49.7. The average Bonchev–Trinajstić information content (AvgIpc) is 3.11. The molecule has 8 heteroatoms. The summed E-state index contributed by atoms with van der Waals surface area (Å²) >= 11 is 1.57. The topological polar surface area (TPSA) is 92.8 Å². The third-order valence-electron chi connectivity index (χ3n) is 4.92. The number of benzene rings is 1. The van der Waals surface area contributed by atoms with Gasteiger partial charge in [-0.05, 0) is 39.3 Å². The Balaban J connectivity index is 1.61. The number of nitrogens with one attached hydrogen (secondary N) is 1. The van der Waals surface area contributed by atoms with E-state index in [1.165, 1.54) is 13.8 Å². The van der Waals surface area contributed by atoms with Gasteiger partial charge in [0.2, 0.25) is 5.91 Å². The van der Waals surface area contributed by atoms with E-state index in [1.54, 1.807) is 40.9 Å². The third-order valence-corrected chi connectivity index (χ3v) is 6.42. The molecule has 2 amide bonds. The fraction of sp³-hybridized carbons (Fsp3) is 0.474. The van der Waals surface area contributed by atoms with Crippen LogP contribution in [0.25, 0.3) is 0 Å². The number of esters is 1. The van der Waals surface area contributed by atoms with Crippen LogP contribution in [-0.4, -0.2) is 51.2 Å². The molecule has 3 unspecified atom stereocenters. The van der Waals surface area contributed by atoms with Gasteiger partial charge in [0, 0.05) is 23.4 Å². The highest BCUT2D eigenvalue weighted by molar-refractivity contribution is 8.01. The molecule has 0 bridgehead atoms. The SMILES string of the molecule is CC(=O)c1cccc(NC(=O)C(C)OC(=O)C2CSC3(C)CCC(=O)N23)c1. The minimum Gasteiger partial charge on any atom is -0.451 e. The zero-order valence-electron chi connectivity index (χ0n) is 15.5. The molecule has 0 aliphatic carbocycles. The summed E-state index contributed by atoms with van der Waals surface area (Å²) in [5, 5.41) is 2.64.